The normalized spacial score (nSPS) is 10.1. The van der Waals surface area contributed by atoms with Gasteiger partial charge in [-0.1, -0.05) is 0 Å². The van der Waals surface area contributed by atoms with Crippen molar-refractivity contribution < 1.29 is 13.9 Å². The third-order valence-corrected chi connectivity index (χ3v) is 2.35. The van der Waals surface area contributed by atoms with Crippen molar-refractivity contribution in [1.29, 1.82) is 0 Å². The van der Waals surface area contributed by atoms with Gasteiger partial charge >= 0.3 is 0 Å². The van der Waals surface area contributed by atoms with Gasteiger partial charge in [-0.15, -0.1) is 0 Å². The molecular formula is C9H7NO3S. The molecule has 2 aromatic heterocycles. The average Bonchev–Trinajstić information content (AvgIpc) is 2.85. The van der Waals surface area contributed by atoms with E-state index in [1.165, 1.54) is 11.5 Å². The van der Waals surface area contributed by atoms with Gasteiger partial charge in [0, 0.05) is 5.38 Å². The summed E-state index contributed by atoms with van der Waals surface area (Å²) in [7, 11) is 1.54. The Hall–Kier alpha value is -1.62. The van der Waals surface area contributed by atoms with Crippen molar-refractivity contribution in [3.8, 4) is 17.2 Å². The molecule has 0 N–H and O–H groups in total. The summed E-state index contributed by atoms with van der Waals surface area (Å²) >= 11 is 1.28. The molecule has 0 aliphatic heterocycles. The standard InChI is InChI=1S/C9H7NO3S/c1-12-9-7(5-14-10-9)8-3-2-6(4-11)13-8/h2-5H,1H3. The highest BCUT2D eigenvalue weighted by molar-refractivity contribution is 7.04. The highest BCUT2D eigenvalue weighted by atomic mass is 32.1. The highest BCUT2D eigenvalue weighted by Crippen LogP contribution is 2.31. The summed E-state index contributed by atoms with van der Waals surface area (Å²) in [6, 6.07) is 3.33. The van der Waals surface area contributed by atoms with Crippen LogP contribution in [0.1, 0.15) is 10.6 Å². The Morgan fingerprint density at radius 2 is 2.43 bits per heavy atom. The zero-order chi connectivity index (χ0) is 9.97. The molecule has 0 unspecified atom stereocenters. The minimum Gasteiger partial charge on any atom is -0.480 e. The number of hydrogen-bond acceptors (Lipinski definition) is 5. The predicted octanol–water partition coefficient (Wildman–Crippen LogP) is 2.22. The zero-order valence-corrected chi connectivity index (χ0v) is 8.21. The SMILES string of the molecule is COc1nscc1-c1ccc(C=O)o1. The van der Waals surface area contributed by atoms with Gasteiger partial charge in [-0.25, -0.2) is 0 Å². The van der Waals surface area contributed by atoms with E-state index in [0.29, 0.717) is 23.7 Å². The van der Waals surface area contributed by atoms with Gasteiger partial charge in [0.25, 0.3) is 0 Å². The topological polar surface area (TPSA) is 52.3 Å². The fourth-order valence-corrected chi connectivity index (χ4v) is 1.74. The number of aromatic nitrogens is 1. The van der Waals surface area contributed by atoms with E-state index in [4.69, 9.17) is 9.15 Å². The number of rotatable bonds is 3. The summed E-state index contributed by atoms with van der Waals surface area (Å²) in [6.45, 7) is 0. The Kier molecular flexibility index (Phi) is 2.32. The van der Waals surface area contributed by atoms with Crippen LogP contribution < -0.4 is 4.74 Å². The molecule has 0 aliphatic carbocycles. The number of methoxy groups -OCH3 is 1. The second kappa shape index (κ2) is 3.63. The van der Waals surface area contributed by atoms with Gasteiger partial charge in [0.15, 0.2) is 12.0 Å². The van der Waals surface area contributed by atoms with Crippen LogP contribution in [0.25, 0.3) is 11.3 Å². The maximum absolute atomic E-state index is 10.4. The minimum atomic E-state index is 0.299. The number of carbonyl (C=O) groups excluding carboxylic acids is 1. The third kappa shape index (κ3) is 1.42. The van der Waals surface area contributed by atoms with Crippen molar-refractivity contribution in [3.63, 3.8) is 0 Å². The molecule has 5 heteroatoms. The van der Waals surface area contributed by atoms with Gasteiger partial charge in [0.05, 0.1) is 12.7 Å². The van der Waals surface area contributed by atoms with E-state index in [2.05, 4.69) is 4.37 Å². The first-order valence-corrected chi connectivity index (χ1v) is 4.72. The Bertz CT molecular complexity index is 446. The maximum Gasteiger partial charge on any atom is 0.236 e. The number of ether oxygens (including phenoxy) is 1. The lowest BCUT2D eigenvalue weighted by Gasteiger charge is -1.95. The van der Waals surface area contributed by atoms with Crippen LogP contribution in [0.4, 0.5) is 0 Å². The van der Waals surface area contributed by atoms with Gasteiger partial charge in [0.1, 0.15) is 5.76 Å². The molecular weight excluding hydrogens is 202 g/mol. The Labute approximate surface area is 84.3 Å². The smallest absolute Gasteiger partial charge is 0.236 e. The van der Waals surface area contributed by atoms with Crippen molar-refractivity contribution in [2.45, 2.75) is 0 Å². The van der Waals surface area contributed by atoms with Crippen LogP contribution >= 0.6 is 11.5 Å². The van der Waals surface area contributed by atoms with Crippen molar-refractivity contribution in [2.24, 2.45) is 0 Å². The van der Waals surface area contributed by atoms with Crippen molar-refractivity contribution >= 4 is 17.8 Å². The largest absolute Gasteiger partial charge is 0.480 e. The van der Waals surface area contributed by atoms with Crippen LogP contribution in [0.3, 0.4) is 0 Å². The molecule has 0 saturated heterocycles. The summed E-state index contributed by atoms with van der Waals surface area (Å²) in [5.41, 5.74) is 0.769. The van der Waals surface area contributed by atoms with E-state index in [1.807, 2.05) is 5.38 Å². The molecule has 2 aromatic rings. The lowest BCUT2D eigenvalue weighted by atomic mass is 10.3. The lowest BCUT2D eigenvalue weighted by molar-refractivity contribution is 0.110. The number of hydrogen-bond donors (Lipinski definition) is 0. The summed E-state index contributed by atoms with van der Waals surface area (Å²) in [4.78, 5) is 10.4. The second-order valence-corrected chi connectivity index (χ2v) is 3.19. The molecule has 0 saturated carbocycles. The molecule has 0 radical (unpaired) electrons. The van der Waals surface area contributed by atoms with E-state index in [1.54, 1.807) is 19.2 Å². The first kappa shape index (κ1) is 8.96. The number of furan rings is 1. The molecule has 14 heavy (non-hydrogen) atoms. The van der Waals surface area contributed by atoms with Gasteiger partial charge < -0.3 is 9.15 Å². The van der Waals surface area contributed by atoms with Crippen LogP contribution in [0.5, 0.6) is 5.88 Å². The zero-order valence-electron chi connectivity index (χ0n) is 7.39. The molecule has 4 nitrogen and oxygen atoms in total. The van der Waals surface area contributed by atoms with Gasteiger partial charge in [-0.2, -0.15) is 4.37 Å². The second-order valence-electron chi connectivity index (χ2n) is 2.56. The minimum absolute atomic E-state index is 0.299. The van der Waals surface area contributed by atoms with Crippen LogP contribution in [-0.2, 0) is 0 Å². The van der Waals surface area contributed by atoms with Crippen LogP contribution in [-0.4, -0.2) is 17.8 Å². The van der Waals surface area contributed by atoms with Gasteiger partial charge in [-0.3, -0.25) is 4.79 Å². The lowest BCUT2D eigenvalue weighted by Crippen LogP contribution is -1.83. The Balaban J connectivity index is 2.43. The summed E-state index contributed by atoms with van der Waals surface area (Å²) in [6.07, 6.45) is 0.662. The first-order valence-electron chi connectivity index (χ1n) is 3.89. The number of carbonyl (C=O) groups is 1. The van der Waals surface area contributed by atoms with Crippen LogP contribution in [0.15, 0.2) is 21.9 Å². The van der Waals surface area contributed by atoms with E-state index < -0.39 is 0 Å². The van der Waals surface area contributed by atoms with Crippen molar-refractivity contribution in [3.05, 3.63) is 23.3 Å². The Morgan fingerprint density at radius 3 is 3.07 bits per heavy atom. The molecule has 0 aliphatic rings. The summed E-state index contributed by atoms with van der Waals surface area (Å²) in [5, 5.41) is 1.81. The molecule has 0 atom stereocenters. The van der Waals surface area contributed by atoms with E-state index in [9.17, 15) is 4.79 Å². The quantitative estimate of drug-likeness (QED) is 0.727. The molecule has 2 heterocycles. The molecule has 0 aromatic carbocycles. The fraction of sp³-hybridized carbons (Fsp3) is 0.111. The van der Waals surface area contributed by atoms with E-state index in [0.717, 1.165) is 5.56 Å². The third-order valence-electron chi connectivity index (χ3n) is 1.74. The fourth-order valence-electron chi connectivity index (χ4n) is 1.10. The molecule has 72 valence electrons. The van der Waals surface area contributed by atoms with E-state index >= 15 is 0 Å². The number of nitrogens with zero attached hydrogens (tertiary/aromatic N) is 1. The van der Waals surface area contributed by atoms with Crippen molar-refractivity contribution in [2.75, 3.05) is 7.11 Å². The van der Waals surface area contributed by atoms with Crippen molar-refractivity contribution in [1.82, 2.24) is 4.37 Å². The van der Waals surface area contributed by atoms with Gasteiger partial charge in [-0.05, 0) is 23.7 Å². The molecule has 0 bridgehead atoms. The average molecular weight is 209 g/mol. The molecule has 0 amide bonds. The highest BCUT2D eigenvalue weighted by Gasteiger charge is 2.12. The summed E-state index contributed by atoms with van der Waals surface area (Å²) in [5.74, 6) is 1.41. The molecule has 2 rings (SSSR count). The predicted molar refractivity (Wildman–Crippen MR) is 51.8 cm³/mol. The van der Waals surface area contributed by atoms with Crippen LogP contribution in [0.2, 0.25) is 0 Å². The summed E-state index contributed by atoms with van der Waals surface area (Å²) < 4.78 is 14.3. The van der Waals surface area contributed by atoms with Crippen LogP contribution in [0, 0.1) is 0 Å². The Morgan fingerprint density at radius 1 is 1.57 bits per heavy atom. The molecule has 0 spiro atoms. The first-order chi connectivity index (χ1) is 6.85. The molecule has 0 fully saturated rings. The van der Waals surface area contributed by atoms with Gasteiger partial charge in [0.2, 0.25) is 5.88 Å². The monoisotopic (exact) mass is 209 g/mol. The number of aldehydes is 1. The van der Waals surface area contributed by atoms with E-state index in [-0.39, 0.29) is 0 Å². The maximum atomic E-state index is 10.4.